The topological polar surface area (TPSA) is 28.0 Å². The molecule has 3 heteroatoms. The molecule has 54 valence electrons. The zero-order valence-electron chi connectivity index (χ0n) is 6.12. The van der Waals surface area contributed by atoms with Crippen molar-refractivity contribution in [2.24, 2.45) is 10.2 Å². The predicted molar refractivity (Wildman–Crippen MR) is 43.1 cm³/mol. The second-order valence-corrected chi connectivity index (χ2v) is 2.27. The SMILES string of the molecule is C=C(C)/C=N\N1CCC=N1. The number of hydrogen-bond donors (Lipinski definition) is 0. The van der Waals surface area contributed by atoms with Crippen molar-refractivity contribution in [3.63, 3.8) is 0 Å². The summed E-state index contributed by atoms with van der Waals surface area (Å²) in [5.41, 5.74) is 0.946. The maximum Gasteiger partial charge on any atom is 0.0657 e. The van der Waals surface area contributed by atoms with Crippen molar-refractivity contribution in [1.82, 2.24) is 5.12 Å². The normalized spacial score (nSPS) is 17.1. The number of allylic oxidation sites excluding steroid dienone is 1. The van der Waals surface area contributed by atoms with Gasteiger partial charge in [-0.2, -0.15) is 15.3 Å². The Hall–Kier alpha value is -1.12. The number of hydrazone groups is 2. The lowest BCUT2D eigenvalue weighted by Gasteiger charge is -2.03. The molecule has 0 spiro atoms. The number of hydrogen-bond acceptors (Lipinski definition) is 3. The first-order chi connectivity index (χ1) is 4.79. The maximum atomic E-state index is 4.03. The molecule has 0 fully saturated rings. The fraction of sp³-hybridized carbons (Fsp3) is 0.429. The Kier molecular flexibility index (Phi) is 2.20. The van der Waals surface area contributed by atoms with Gasteiger partial charge in [0.2, 0.25) is 0 Å². The second kappa shape index (κ2) is 3.15. The van der Waals surface area contributed by atoms with Crippen LogP contribution in [0.4, 0.5) is 0 Å². The van der Waals surface area contributed by atoms with Gasteiger partial charge < -0.3 is 0 Å². The molecule has 0 saturated heterocycles. The minimum Gasteiger partial charge on any atom is -0.185 e. The van der Waals surface area contributed by atoms with Crippen molar-refractivity contribution in [1.29, 1.82) is 0 Å². The third-order valence-electron chi connectivity index (χ3n) is 1.08. The maximum absolute atomic E-state index is 4.03. The average Bonchev–Trinajstić information content (AvgIpc) is 2.34. The Morgan fingerprint density at radius 2 is 2.70 bits per heavy atom. The Labute approximate surface area is 60.7 Å². The molecular weight excluding hydrogens is 126 g/mol. The summed E-state index contributed by atoms with van der Waals surface area (Å²) in [5, 5.41) is 9.67. The molecule has 0 radical (unpaired) electrons. The molecule has 0 aromatic heterocycles. The molecule has 1 aliphatic rings. The zero-order valence-corrected chi connectivity index (χ0v) is 6.12. The van der Waals surface area contributed by atoms with E-state index in [2.05, 4.69) is 16.8 Å². The van der Waals surface area contributed by atoms with E-state index in [9.17, 15) is 0 Å². The summed E-state index contributed by atoms with van der Waals surface area (Å²) in [6.45, 7) is 6.49. The van der Waals surface area contributed by atoms with E-state index in [4.69, 9.17) is 0 Å². The smallest absolute Gasteiger partial charge is 0.0657 e. The minimum absolute atomic E-state index is 0.893. The summed E-state index contributed by atoms with van der Waals surface area (Å²) >= 11 is 0. The van der Waals surface area contributed by atoms with Crippen molar-refractivity contribution in [3.05, 3.63) is 12.2 Å². The molecular formula is C7H11N3. The van der Waals surface area contributed by atoms with Crippen molar-refractivity contribution in [2.45, 2.75) is 13.3 Å². The van der Waals surface area contributed by atoms with E-state index < -0.39 is 0 Å². The van der Waals surface area contributed by atoms with Crippen molar-refractivity contribution in [3.8, 4) is 0 Å². The molecule has 0 aromatic carbocycles. The van der Waals surface area contributed by atoms with Gasteiger partial charge in [-0.3, -0.25) is 0 Å². The molecule has 0 amide bonds. The molecule has 1 rings (SSSR count). The van der Waals surface area contributed by atoms with Gasteiger partial charge >= 0.3 is 0 Å². The molecule has 1 heterocycles. The molecule has 0 N–H and O–H groups in total. The Morgan fingerprint density at radius 3 is 3.20 bits per heavy atom. The highest BCUT2D eigenvalue weighted by atomic mass is 15.7. The van der Waals surface area contributed by atoms with Crippen molar-refractivity contribution in [2.75, 3.05) is 6.54 Å². The van der Waals surface area contributed by atoms with Gasteiger partial charge in [-0.1, -0.05) is 6.58 Å². The van der Waals surface area contributed by atoms with Crippen LogP contribution < -0.4 is 0 Å². The lowest BCUT2D eigenvalue weighted by Crippen LogP contribution is -2.05. The minimum atomic E-state index is 0.893. The Morgan fingerprint density at radius 1 is 1.90 bits per heavy atom. The van der Waals surface area contributed by atoms with Gasteiger partial charge in [-0.05, 0) is 12.5 Å². The lowest BCUT2D eigenvalue weighted by molar-refractivity contribution is 0.339. The quantitative estimate of drug-likeness (QED) is 0.526. The highest BCUT2D eigenvalue weighted by Crippen LogP contribution is 1.99. The predicted octanol–water partition coefficient (Wildman–Crippen LogP) is 1.24. The van der Waals surface area contributed by atoms with Crippen molar-refractivity contribution < 1.29 is 0 Å². The molecule has 0 saturated carbocycles. The molecule has 0 aliphatic carbocycles. The summed E-state index contributed by atoms with van der Waals surface area (Å²) in [7, 11) is 0. The van der Waals surface area contributed by atoms with E-state index in [-0.39, 0.29) is 0 Å². The summed E-state index contributed by atoms with van der Waals surface area (Å²) < 4.78 is 0. The fourth-order valence-electron chi connectivity index (χ4n) is 0.636. The summed E-state index contributed by atoms with van der Waals surface area (Å²) in [6.07, 6.45) is 4.56. The molecule has 0 aromatic rings. The van der Waals surface area contributed by atoms with Crippen LogP contribution in [0.1, 0.15) is 13.3 Å². The Balaban J connectivity index is 2.37. The van der Waals surface area contributed by atoms with Crippen LogP contribution in [0.3, 0.4) is 0 Å². The van der Waals surface area contributed by atoms with Crippen LogP contribution in [-0.4, -0.2) is 24.1 Å². The van der Waals surface area contributed by atoms with E-state index in [0.717, 1.165) is 18.5 Å². The van der Waals surface area contributed by atoms with Gasteiger partial charge in [-0.15, -0.1) is 0 Å². The summed E-state index contributed by atoms with van der Waals surface area (Å²) in [5.74, 6) is 0. The van der Waals surface area contributed by atoms with Crippen LogP contribution in [0, 0.1) is 0 Å². The number of rotatable bonds is 2. The first kappa shape index (κ1) is 6.99. The van der Waals surface area contributed by atoms with Crippen LogP contribution in [0.15, 0.2) is 22.4 Å². The molecule has 3 nitrogen and oxygen atoms in total. The first-order valence-electron chi connectivity index (χ1n) is 3.28. The van der Waals surface area contributed by atoms with E-state index >= 15 is 0 Å². The standard InChI is InChI=1S/C7H11N3/c1-7(2)6-9-10-5-3-4-8-10/h4,6H,1,3,5H2,2H3/b9-6-. The third kappa shape index (κ3) is 2.01. The van der Waals surface area contributed by atoms with E-state index in [1.807, 2.05) is 13.1 Å². The van der Waals surface area contributed by atoms with Crippen LogP contribution in [0.25, 0.3) is 0 Å². The molecule has 0 atom stereocenters. The number of nitrogens with zero attached hydrogens (tertiary/aromatic N) is 3. The van der Waals surface area contributed by atoms with Crippen molar-refractivity contribution >= 4 is 12.4 Å². The van der Waals surface area contributed by atoms with Crippen LogP contribution in [-0.2, 0) is 0 Å². The molecule has 0 unspecified atom stereocenters. The monoisotopic (exact) mass is 137 g/mol. The highest BCUT2D eigenvalue weighted by molar-refractivity contribution is 5.76. The lowest BCUT2D eigenvalue weighted by atomic mass is 10.4. The van der Waals surface area contributed by atoms with Gasteiger partial charge in [0.25, 0.3) is 0 Å². The van der Waals surface area contributed by atoms with E-state index in [1.165, 1.54) is 0 Å². The van der Waals surface area contributed by atoms with Gasteiger partial charge in [0.15, 0.2) is 0 Å². The van der Waals surface area contributed by atoms with Crippen LogP contribution in [0.5, 0.6) is 0 Å². The van der Waals surface area contributed by atoms with Gasteiger partial charge in [-0.25, -0.2) is 0 Å². The summed E-state index contributed by atoms with van der Waals surface area (Å²) in [6, 6.07) is 0. The van der Waals surface area contributed by atoms with Crippen LogP contribution >= 0.6 is 0 Å². The second-order valence-electron chi connectivity index (χ2n) is 2.27. The highest BCUT2D eigenvalue weighted by Gasteiger charge is 2.00. The zero-order chi connectivity index (χ0) is 7.40. The summed E-state index contributed by atoms with van der Waals surface area (Å²) in [4.78, 5) is 0. The van der Waals surface area contributed by atoms with E-state index in [1.54, 1.807) is 11.3 Å². The van der Waals surface area contributed by atoms with Gasteiger partial charge in [0, 0.05) is 12.6 Å². The van der Waals surface area contributed by atoms with E-state index in [0.29, 0.717) is 0 Å². The molecule has 0 bridgehead atoms. The van der Waals surface area contributed by atoms with Gasteiger partial charge in [0.05, 0.1) is 12.8 Å². The van der Waals surface area contributed by atoms with Crippen LogP contribution in [0.2, 0.25) is 0 Å². The first-order valence-corrected chi connectivity index (χ1v) is 3.28. The van der Waals surface area contributed by atoms with Gasteiger partial charge in [0.1, 0.15) is 0 Å². The Bertz CT molecular complexity index is 181. The molecule has 1 aliphatic heterocycles. The fourth-order valence-corrected chi connectivity index (χ4v) is 0.636. The third-order valence-corrected chi connectivity index (χ3v) is 1.08. The molecule has 10 heavy (non-hydrogen) atoms. The largest absolute Gasteiger partial charge is 0.185 e. The average molecular weight is 137 g/mol.